The van der Waals surface area contributed by atoms with Crippen LogP contribution in [0.5, 0.6) is 0 Å². The summed E-state index contributed by atoms with van der Waals surface area (Å²) in [6, 6.07) is 9.61. The number of fused-ring (bicyclic) bond motifs is 1. The lowest BCUT2D eigenvalue weighted by molar-refractivity contribution is -0.133. The third-order valence-corrected chi connectivity index (χ3v) is 3.81. The summed E-state index contributed by atoms with van der Waals surface area (Å²) in [5.41, 5.74) is -0.0811. The number of hydrogen-bond donors (Lipinski definition) is 0. The standard InChI is InChI=1S/C15H14O3/c1-15(13(16)6-7-14(15)17)9-11-8-10-4-2-3-5-12(10)18-11/h2-5,8H,6-7,9H2,1H3. The van der Waals surface area contributed by atoms with E-state index in [1.165, 1.54) is 0 Å². The predicted molar refractivity (Wildman–Crippen MR) is 67.3 cm³/mol. The molecule has 0 amide bonds. The molecule has 1 aliphatic rings. The van der Waals surface area contributed by atoms with Gasteiger partial charge in [-0.05, 0) is 19.1 Å². The van der Waals surface area contributed by atoms with Gasteiger partial charge in [-0.15, -0.1) is 0 Å². The zero-order valence-corrected chi connectivity index (χ0v) is 10.2. The second-order valence-corrected chi connectivity index (χ2v) is 5.11. The Balaban J connectivity index is 1.96. The Kier molecular flexibility index (Phi) is 2.37. The van der Waals surface area contributed by atoms with Crippen LogP contribution in [0.15, 0.2) is 34.7 Å². The number of carbonyl (C=O) groups excluding carboxylic acids is 2. The predicted octanol–water partition coefficient (Wildman–Crippen LogP) is 2.91. The van der Waals surface area contributed by atoms with Crippen molar-refractivity contribution in [3.8, 4) is 0 Å². The molecule has 0 radical (unpaired) electrons. The molecule has 0 saturated heterocycles. The second-order valence-electron chi connectivity index (χ2n) is 5.11. The van der Waals surface area contributed by atoms with Crippen molar-refractivity contribution in [2.45, 2.75) is 26.2 Å². The van der Waals surface area contributed by atoms with Gasteiger partial charge in [-0.3, -0.25) is 9.59 Å². The molecule has 1 heterocycles. The van der Waals surface area contributed by atoms with Crippen LogP contribution in [0.3, 0.4) is 0 Å². The van der Waals surface area contributed by atoms with Crippen LogP contribution >= 0.6 is 0 Å². The normalized spacial score (nSPS) is 18.7. The highest BCUT2D eigenvalue weighted by atomic mass is 16.3. The van der Waals surface area contributed by atoms with E-state index in [4.69, 9.17) is 4.42 Å². The average molecular weight is 242 g/mol. The van der Waals surface area contributed by atoms with Crippen molar-refractivity contribution in [1.82, 2.24) is 0 Å². The monoisotopic (exact) mass is 242 g/mol. The van der Waals surface area contributed by atoms with Crippen LogP contribution in [0.4, 0.5) is 0 Å². The molecule has 0 aliphatic heterocycles. The summed E-state index contributed by atoms with van der Waals surface area (Å²) >= 11 is 0. The Hall–Kier alpha value is -1.90. The van der Waals surface area contributed by atoms with Crippen molar-refractivity contribution in [2.24, 2.45) is 5.41 Å². The molecule has 3 rings (SSSR count). The number of Topliss-reactive ketones (excluding diaryl/α,β-unsaturated/α-hetero) is 2. The Morgan fingerprint density at radius 3 is 2.50 bits per heavy atom. The average Bonchev–Trinajstić information content (AvgIpc) is 2.86. The fraction of sp³-hybridized carbons (Fsp3) is 0.333. The van der Waals surface area contributed by atoms with Gasteiger partial charge in [0.1, 0.15) is 22.9 Å². The number of furan rings is 1. The number of hydrogen-bond acceptors (Lipinski definition) is 3. The van der Waals surface area contributed by atoms with Gasteiger partial charge in [0.2, 0.25) is 0 Å². The van der Waals surface area contributed by atoms with Crippen LogP contribution in [-0.2, 0) is 16.0 Å². The largest absolute Gasteiger partial charge is 0.461 e. The van der Waals surface area contributed by atoms with E-state index >= 15 is 0 Å². The number of rotatable bonds is 2. The van der Waals surface area contributed by atoms with Crippen LogP contribution in [-0.4, -0.2) is 11.6 Å². The molecule has 0 bridgehead atoms. The number of benzene rings is 1. The Morgan fingerprint density at radius 1 is 1.17 bits per heavy atom. The van der Waals surface area contributed by atoms with E-state index in [1.807, 2.05) is 30.3 Å². The summed E-state index contributed by atoms with van der Waals surface area (Å²) in [6.45, 7) is 1.73. The van der Waals surface area contributed by atoms with E-state index in [0.29, 0.717) is 25.0 Å². The van der Waals surface area contributed by atoms with Crippen molar-refractivity contribution in [3.63, 3.8) is 0 Å². The van der Waals surface area contributed by atoms with Crippen molar-refractivity contribution >= 4 is 22.5 Å². The summed E-state index contributed by atoms with van der Waals surface area (Å²) < 4.78 is 5.69. The molecule has 0 unspecified atom stereocenters. The molecule has 92 valence electrons. The first-order chi connectivity index (χ1) is 8.59. The first kappa shape index (κ1) is 11.2. The zero-order chi connectivity index (χ0) is 12.8. The first-order valence-corrected chi connectivity index (χ1v) is 6.14. The molecule has 2 aromatic rings. The van der Waals surface area contributed by atoms with Gasteiger partial charge >= 0.3 is 0 Å². The summed E-state index contributed by atoms with van der Waals surface area (Å²) in [5.74, 6) is 0.781. The highest BCUT2D eigenvalue weighted by molar-refractivity contribution is 6.12. The van der Waals surface area contributed by atoms with Crippen molar-refractivity contribution in [2.75, 3.05) is 0 Å². The molecule has 1 aromatic heterocycles. The minimum absolute atomic E-state index is 0.0351. The topological polar surface area (TPSA) is 47.3 Å². The summed E-state index contributed by atoms with van der Waals surface area (Å²) in [4.78, 5) is 23.7. The van der Waals surface area contributed by atoms with E-state index in [1.54, 1.807) is 6.92 Å². The van der Waals surface area contributed by atoms with Gasteiger partial charge in [0.25, 0.3) is 0 Å². The van der Waals surface area contributed by atoms with Gasteiger partial charge in [0.15, 0.2) is 0 Å². The van der Waals surface area contributed by atoms with Gasteiger partial charge in [-0.25, -0.2) is 0 Å². The highest BCUT2D eigenvalue weighted by Crippen LogP contribution is 2.35. The highest BCUT2D eigenvalue weighted by Gasteiger charge is 2.45. The van der Waals surface area contributed by atoms with Crippen molar-refractivity contribution in [3.05, 3.63) is 36.1 Å². The number of para-hydroxylation sites is 1. The maximum atomic E-state index is 11.9. The molecule has 1 saturated carbocycles. The van der Waals surface area contributed by atoms with E-state index < -0.39 is 5.41 Å². The zero-order valence-electron chi connectivity index (χ0n) is 10.2. The first-order valence-electron chi connectivity index (χ1n) is 6.14. The van der Waals surface area contributed by atoms with Gasteiger partial charge < -0.3 is 4.42 Å². The molecule has 1 aromatic carbocycles. The van der Waals surface area contributed by atoms with Gasteiger partial charge in [-0.1, -0.05) is 18.2 Å². The molecular weight excluding hydrogens is 228 g/mol. The smallest absolute Gasteiger partial charge is 0.147 e. The van der Waals surface area contributed by atoms with Crippen LogP contribution in [0.1, 0.15) is 25.5 Å². The maximum Gasteiger partial charge on any atom is 0.147 e. The van der Waals surface area contributed by atoms with Crippen molar-refractivity contribution < 1.29 is 14.0 Å². The molecule has 18 heavy (non-hydrogen) atoms. The van der Waals surface area contributed by atoms with Crippen LogP contribution in [0.25, 0.3) is 11.0 Å². The third kappa shape index (κ3) is 1.58. The molecule has 1 aliphatic carbocycles. The fourth-order valence-corrected chi connectivity index (χ4v) is 2.60. The summed E-state index contributed by atoms with van der Waals surface area (Å²) in [7, 11) is 0. The minimum atomic E-state index is -0.881. The summed E-state index contributed by atoms with van der Waals surface area (Å²) in [5, 5.41) is 1.01. The van der Waals surface area contributed by atoms with Crippen molar-refractivity contribution in [1.29, 1.82) is 0 Å². The van der Waals surface area contributed by atoms with E-state index in [2.05, 4.69) is 0 Å². The van der Waals surface area contributed by atoms with Gasteiger partial charge in [0.05, 0.1) is 5.41 Å². The number of ketones is 2. The van der Waals surface area contributed by atoms with Crippen LogP contribution < -0.4 is 0 Å². The quantitative estimate of drug-likeness (QED) is 0.761. The molecule has 1 fully saturated rings. The van der Waals surface area contributed by atoms with E-state index in [9.17, 15) is 9.59 Å². The maximum absolute atomic E-state index is 11.9. The fourth-order valence-electron chi connectivity index (χ4n) is 2.60. The molecule has 0 atom stereocenters. The van der Waals surface area contributed by atoms with E-state index in [-0.39, 0.29) is 11.6 Å². The minimum Gasteiger partial charge on any atom is -0.461 e. The lowest BCUT2D eigenvalue weighted by Gasteiger charge is -2.18. The lowest BCUT2D eigenvalue weighted by atomic mass is 9.82. The molecular formula is C15H14O3. The molecule has 0 spiro atoms. The SMILES string of the molecule is CC1(Cc2cc3ccccc3o2)C(=O)CCC1=O. The number of carbonyl (C=O) groups is 2. The van der Waals surface area contributed by atoms with Crippen LogP contribution in [0, 0.1) is 5.41 Å². The Labute approximate surface area is 105 Å². The second kappa shape index (κ2) is 3.80. The van der Waals surface area contributed by atoms with Gasteiger partial charge in [0, 0.05) is 24.6 Å². The third-order valence-electron chi connectivity index (χ3n) is 3.81. The molecule has 3 heteroatoms. The molecule has 3 nitrogen and oxygen atoms in total. The van der Waals surface area contributed by atoms with Gasteiger partial charge in [-0.2, -0.15) is 0 Å². The lowest BCUT2D eigenvalue weighted by Crippen LogP contribution is -2.31. The van der Waals surface area contributed by atoms with E-state index in [0.717, 1.165) is 11.0 Å². The Morgan fingerprint density at radius 2 is 1.83 bits per heavy atom. The Bertz CT molecular complexity index is 587. The van der Waals surface area contributed by atoms with Crippen LogP contribution in [0.2, 0.25) is 0 Å². The molecule has 0 N–H and O–H groups in total. The summed E-state index contributed by atoms with van der Waals surface area (Å²) in [6.07, 6.45) is 1.12.